The number of nitrogens with one attached hydrogen (secondary N) is 1. The number of rotatable bonds is 7. The van der Waals surface area contributed by atoms with Gasteiger partial charge in [0.05, 0.1) is 20.3 Å². The summed E-state index contributed by atoms with van der Waals surface area (Å²) in [5, 5.41) is 12.1. The Bertz CT molecular complexity index is 459. The number of hydrogen-bond acceptors (Lipinski definition) is 4. The molecule has 0 saturated heterocycles. The molecule has 0 heterocycles. The Kier molecular flexibility index (Phi) is 6.02. The highest BCUT2D eigenvalue weighted by atomic mass is 16.5. The monoisotopic (exact) mass is 292 g/mol. The molecule has 1 aliphatic carbocycles. The lowest BCUT2D eigenvalue weighted by molar-refractivity contribution is -0.118. The molecular formula is C16H24N2O3. The summed E-state index contributed by atoms with van der Waals surface area (Å²) in [4.78, 5) is 14.3. The summed E-state index contributed by atoms with van der Waals surface area (Å²) in [5.74, 6) is 0.666. The molecule has 1 aromatic rings. The first-order valence-corrected chi connectivity index (χ1v) is 7.51. The molecule has 1 saturated carbocycles. The summed E-state index contributed by atoms with van der Waals surface area (Å²) in [5.41, 5.74) is 0.731. The maximum absolute atomic E-state index is 12.2. The average molecular weight is 292 g/mol. The second-order valence-electron chi connectivity index (χ2n) is 5.41. The Balaban J connectivity index is 1.91. The first kappa shape index (κ1) is 15.8. The Morgan fingerprint density at radius 1 is 1.43 bits per heavy atom. The molecule has 0 atom stereocenters. The van der Waals surface area contributed by atoms with E-state index in [0.29, 0.717) is 19.1 Å². The van der Waals surface area contributed by atoms with Crippen molar-refractivity contribution in [2.45, 2.75) is 31.7 Å². The molecule has 0 radical (unpaired) electrons. The Morgan fingerprint density at radius 3 is 2.86 bits per heavy atom. The van der Waals surface area contributed by atoms with Crippen LogP contribution < -0.4 is 10.1 Å². The minimum absolute atomic E-state index is 0.0522. The molecule has 2 rings (SSSR count). The van der Waals surface area contributed by atoms with Gasteiger partial charge in [0.1, 0.15) is 5.75 Å². The number of methoxy groups -OCH3 is 1. The van der Waals surface area contributed by atoms with Gasteiger partial charge in [-0.05, 0) is 25.0 Å². The molecule has 2 N–H and O–H groups in total. The second kappa shape index (κ2) is 8.00. The van der Waals surface area contributed by atoms with Gasteiger partial charge in [0, 0.05) is 24.3 Å². The third kappa shape index (κ3) is 4.72. The molecular weight excluding hydrogens is 268 g/mol. The van der Waals surface area contributed by atoms with Crippen LogP contribution in [0.1, 0.15) is 25.7 Å². The predicted molar refractivity (Wildman–Crippen MR) is 82.5 cm³/mol. The van der Waals surface area contributed by atoms with Crippen LogP contribution in [0.2, 0.25) is 0 Å². The number of nitrogens with zero attached hydrogens (tertiary/aromatic N) is 1. The normalized spacial score (nSPS) is 15.4. The molecule has 0 spiro atoms. The number of ether oxygens (including phenoxy) is 1. The van der Waals surface area contributed by atoms with Gasteiger partial charge in [-0.1, -0.05) is 18.9 Å². The molecule has 0 aliphatic heterocycles. The summed E-state index contributed by atoms with van der Waals surface area (Å²) in [7, 11) is 1.60. The van der Waals surface area contributed by atoms with E-state index < -0.39 is 0 Å². The number of aliphatic hydroxyl groups is 1. The van der Waals surface area contributed by atoms with E-state index in [1.807, 2.05) is 18.2 Å². The largest absolute Gasteiger partial charge is 0.497 e. The summed E-state index contributed by atoms with van der Waals surface area (Å²) in [6.45, 7) is 0.960. The van der Waals surface area contributed by atoms with Crippen LogP contribution in [-0.2, 0) is 4.79 Å². The maximum Gasteiger partial charge on any atom is 0.238 e. The van der Waals surface area contributed by atoms with E-state index in [0.717, 1.165) is 24.3 Å². The van der Waals surface area contributed by atoms with Gasteiger partial charge in [0.15, 0.2) is 0 Å². The average Bonchev–Trinajstić information content (AvgIpc) is 3.01. The van der Waals surface area contributed by atoms with Gasteiger partial charge >= 0.3 is 0 Å². The summed E-state index contributed by atoms with van der Waals surface area (Å²) in [6, 6.07) is 7.74. The van der Waals surface area contributed by atoms with Gasteiger partial charge < -0.3 is 15.2 Å². The minimum Gasteiger partial charge on any atom is -0.497 e. The van der Waals surface area contributed by atoms with Crippen molar-refractivity contribution < 1.29 is 14.6 Å². The quantitative estimate of drug-likeness (QED) is 0.805. The number of anilines is 1. The number of hydrogen-bond donors (Lipinski definition) is 2. The molecule has 116 valence electrons. The highest BCUT2D eigenvalue weighted by Crippen LogP contribution is 2.23. The zero-order valence-corrected chi connectivity index (χ0v) is 12.5. The van der Waals surface area contributed by atoms with Gasteiger partial charge in [-0.3, -0.25) is 9.69 Å². The van der Waals surface area contributed by atoms with Crippen LogP contribution >= 0.6 is 0 Å². The molecule has 0 unspecified atom stereocenters. The zero-order valence-electron chi connectivity index (χ0n) is 12.5. The number of aliphatic hydroxyl groups excluding tert-OH is 1. The molecule has 1 amide bonds. The van der Waals surface area contributed by atoms with Crippen molar-refractivity contribution in [1.82, 2.24) is 4.90 Å². The molecule has 1 aromatic carbocycles. The maximum atomic E-state index is 12.2. The Morgan fingerprint density at radius 2 is 2.19 bits per heavy atom. The molecule has 5 nitrogen and oxygen atoms in total. The van der Waals surface area contributed by atoms with Gasteiger partial charge in [-0.2, -0.15) is 0 Å². The highest BCUT2D eigenvalue weighted by Gasteiger charge is 2.23. The van der Waals surface area contributed by atoms with Crippen molar-refractivity contribution in [2.24, 2.45) is 0 Å². The van der Waals surface area contributed by atoms with Gasteiger partial charge in [0.25, 0.3) is 0 Å². The summed E-state index contributed by atoms with van der Waals surface area (Å²) in [6.07, 6.45) is 4.66. The van der Waals surface area contributed by atoms with Crippen molar-refractivity contribution in [3.8, 4) is 5.75 Å². The van der Waals surface area contributed by atoms with Gasteiger partial charge in [0.2, 0.25) is 5.91 Å². The van der Waals surface area contributed by atoms with Crippen molar-refractivity contribution in [2.75, 3.05) is 32.1 Å². The molecule has 5 heteroatoms. The number of carbonyl (C=O) groups excluding carboxylic acids is 1. The smallest absolute Gasteiger partial charge is 0.238 e. The zero-order chi connectivity index (χ0) is 15.1. The molecule has 21 heavy (non-hydrogen) atoms. The van der Waals surface area contributed by atoms with Crippen molar-refractivity contribution >= 4 is 11.6 Å². The van der Waals surface area contributed by atoms with Crippen molar-refractivity contribution in [1.29, 1.82) is 0 Å². The van der Waals surface area contributed by atoms with Crippen molar-refractivity contribution in [3.05, 3.63) is 24.3 Å². The topological polar surface area (TPSA) is 61.8 Å². The third-order valence-corrected chi connectivity index (χ3v) is 3.93. The fourth-order valence-electron chi connectivity index (χ4n) is 2.87. The highest BCUT2D eigenvalue weighted by molar-refractivity contribution is 5.92. The number of carbonyl (C=O) groups is 1. The van der Waals surface area contributed by atoms with E-state index in [-0.39, 0.29) is 12.5 Å². The standard InChI is InChI=1S/C16H24N2O3/c1-21-15-8-4-5-13(11-15)17-16(20)12-18(9-10-19)14-6-2-3-7-14/h4-5,8,11,14,19H,2-3,6-7,9-10,12H2,1H3,(H,17,20). The Hall–Kier alpha value is -1.59. The van der Waals surface area contributed by atoms with E-state index in [1.165, 1.54) is 12.8 Å². The first-order chi connectivity index (χ1) is 10.2. The minimum atomic E-state index is -0.0522. The number of amides is 1. The van der Waals surface area contributed by atoms with Gasteiger partial charge in [-0.15, -0.1) is 0 Å². The predicted octanol–water partition coefficient (Wildman–Crippen LogP) is 1.87. The fourth-order valence-corrected chi connectivity index (χ4v) is 2.87. The van der Waals surface area contributed by atoms with E-state index in [2.05, 4.69) is 10.2 Å². The van der Waals surface area contributed by atoms with E-state index in [1.54, 1.807) is 13.2 Å². The second-order valence-corrected chi connectivity index (χ2v) is 5.41. The van der Waals surface area contributed by atoms with Crippen LogP contribution in [-0.4, -0.2) is 48.8 Å². The van der Waals surface area contributed by atoms with Crippen LogP contribution in [0.25, 0.3) is 0 Å². The van der Waals surface area contributed by atoms with Crippen LogP contribution in [0.4, 0.5) is 5.69 Å². The lowest BCUT2D eigenvalue weighted by Crippen LogP contribution is -2.41. The third-order valence-electron chi connectivity index (χ3n) is 3.93. The van der Waals surface area contributed by atoms with Crippen molar-refractivity contribution in [3.63, 3.8) is 0 Å². The molecule has 0 aromatic heterocycles. The van der Waals surface area contributed by atoms with Crippen LogP contribution in [0.15, 0.2) is 24.3 Å². The lowest BCUT2D eigenvalue weighted by Gasteiger charge is -2.27. The van der Waals surface area contributed by atoms with Gasteiger partial charge in [-0.25, -0.2) is 0 Å². The fraction of sp³-hybridized carbons (Fsp3) is 0.562. The lowest BCUT2D eigenvalue weighted by atomic mass is 10.2. The molecule has 1 aliphatic rings. The van der Waals surface area contributed by atoms with E-state index in [4.69, 9.17) is 4.74 Å². The summed E-state index contributed by atoms with van der Waals surface area (Å²) >= 11 is 0. The molecule has 0 bridgehead atoms. The van der Waals surface area contributed by atoms with Crippen LogP contribution in [0, 0.1) is 0 Å². The molecule has 1 fully saturated rings. The van der Waals surface area contributed by atoms with E-state index >= 15 is 0 Å². The SMILES string of the molecule is COc1cccc(NC(=O)CN(CCO)C2CCCC2)c1. The summed E-state index contributed by atoms with van der Waals surface area (Å²) < 4.78 is 5.14. The Labute approximate surface area is 125 Å². The first-order valence-electron chi connectivity index (χ1n) is 7.51. The number of benzene rings is 1. The van der Waals surface area contributed by atoms with Crippen LogP contribution in [0.3, 0.4) is 0 Å². The van der Waals surface area contributed by atoms with Crippen LogP contribution in [0.5, 0.6) is 5.75 Å². The van der Waals surface area contributed by atoms with E-state index in [9.17, 15) is 9.90 Å².